The van der Waals surface area contributed by atoms with Crippen LogP contribution in [-0.2, 0) is 0 Å². The minimum atomic E-state index is 0.377. The van der Waals surface area contributed by atoms with Gasteiger partial charge in [0, 0.05) is 0 Å². The van der Waals surface area contributed by atoms with Crippen LogP contribution in [0.3, 0.4) is 0 Å². The van der Waals surface area contributed by atoms with Gasteiger partial charge < -0.3 is 0 Å². The maximum absolute atomic E-state index is 8.30. The van der Waals surface area contributed by atoms with Gasteiger partial charge in [0.05, 0.1) is 0 Å². The van der Waals surface area contributed by atoms with E-state index >= 15 is 0 Å². The van der Waals surface area contributed by atoms with Crippen LogP contribution in [0.4, 0.5) is 0 Å². The first kappa shape index (κ1) is 7.39. The Morgan fingerprint density at radius 1 is 1.14 bits per heavy atom. The first-order valence-corrected chi connectivity index (χ1v) is 4.44. The first-order valence-electron chi connectivity index (χ1n) is 3.02. The zero-order chi connectivity index (χ0) is 5.54. The van der Waals surface area contributed by atoms with Gasteiger partial charge in [0.25, 0.3) is 0 Å². The number of hydrogen-bond acceptors (Lipinski definition) is 1. The summed E-state index contributed by atoms with van der Waals surface area (Å²) in [5.41, 5.74) is 0. The fourth-order valence-electron chi connectivity index (χ4n) is 0.539. The van der Waals surface area contributed by atoms with Crippen molar-refractivity contribution >= 4 is 9.24 Å². The van der Waals surface area contributed by atoms with Crippen LogP contribution in [0.1, 0.15) is 19.3 Å². The van der Waals surface area contributed by atoms with E-state index in [9.17, 15) is 0 Å². The van der Waals surface area contributed by atoms with Crippen LogP contribution in [0.2, 0.25) is 0 Å². The van der Waals surface area contributed by atoms with Gasteiger partial charge in [0.1, 0.15) is 0 Å². The molecule has 2 heteroatoms. The van der Waals surface area contributed by atoms with Crippen molar-refractivity contribution < 1.29 is 5.11 Å². The van der Waals surface area contributed by atoms with Gasteiger partial charge in [-0.05, 0) is 0 Å². The van der Waals surface area contributed by atoms with E-state index in [1.54, 1.807) is 0 Å². The van der Waals surface area contributed by atoms with E-state index in [-0.39, 0.29) is 0 Å². The molecule has 0 bridgehead atoms. The normalized spacial score (nSPS) is 9.57. The van der Waals surface area contributed by atoms with E-state index in [2.05, 4.69) is 0 Å². The van der Waals surface area contributed by atoms with Crippen LogP contribution in [0.5, 0.6) is 0 Å². The Hall–Kier alpha value is 0.390. The predicted octanol–water partition coefficient (Wildman–Crippen LogP) is 0.489. The second-order valence-corrected chi connectivity index (χ2v) is 2.78. The zero-order valence-electron chi connectivity index (χ0n) is 4.98. The molecule has 0 spiro atoms. The van der Waals surface area contributed by atoms with Gasteiger partial charge in [-0.1, -0.05) is 0 Å². The molecule has 1 N–H and O–H groups in total. The molecule has 0 fully saturated rings. The summed E-state index contributed by atoms with van der Waals surface area (Å²) in [6.45, 7) is 0.377. The van der Waals surface area contributed by atoms with Crippen molar-refractivity contribution in [3.05, 3.63) is 0 Å². The van der Waals surface area contributed by atoms with Crippen LogP contribution in [0.15, 0.2) is 0 Å². The topological polar surface area (TPSA) is 20.2 Å². The Labute approximate surface area is 47.3 Å². The number of aliphatic hydroxyl groups excluding tert-OH is 1. The van der Waals surface area contributed by atoms with Gasteiger partial charge in [0.15, 0.2) is 0 Å². The van der Waals surface area contributed by atoms with E-state index in [0.29, 0.717) is 6.61 Å². The Bertz CT molecular complexity index is 27.3. The Morgan fingerprint density at radius 2 is 1.86 bits per heavy atom. The molecule has 0 amide bonds. The summed E-state index contributed by atoms with van der Waals surface area (Å²) >= 11 is 0. The summed E-state index contributed by atoms with van der Waals surface area (Å²) < 4.78 is 0. The van der Waals surface area contributed by atoms with E-state index in [4.69, 9.17) is 5.11 Å². The Morgan fingerprint density at radius 3 is 2.29 bits per heavy atom. The molecule has 0 radical (unpaired) electrons. The van der Waals surface area contributed by atoms with Crippen molar-refractivity contribution in [1.82, 2.24) is 0 Å². The quantitative estimate of drug-likeness (QED) is 0.425. The van der Waals surface area contributed by atoms with E-state index in [1.807, 2.05) is 0 Å². The fraction of sp³-hybridized carbons (Fsp3) is 1.00. The molecule has 0 aromatic carbocycles. The van der Waals surface area contributed by atoms with Gasteiger partial charge >= 0.3 is 46.4 Å². The Balaban J connectivity index is 2.45. The van der Waals surface area contributed by atoms with Crippen molar-refractivity contribution in [1.29, 1.82) is 0 Å². The summed E-state index contributed by atoms with van der Waals surface area (Å²) in [4.78, 5) is 0. The van der Waals surface area contributed by atoms with Crippen LogP contribution in [-0.4, -0.2) is 17.9 Å². The fourth-order valence-corrected chi connectivity index (χ4v) is 1.04. The van der Waals surface area contributed by atoms with Crippen molar-refractivity contribution in [3.8, 4) is 0 Å². The van der Waals surface area contributed by atoms with Gasteiger partial charge in [-0.25, -0.2) is 0 Å². The maximum atomic E-state index is 8.30. The predicted molar refractivity (Wildman–Crippen MR) is 38.3 cm³/mol. The molecule has 0 aromatic rings. The minimum absolute atomic E-state index is 0.377. The van der Waals surface area contributed by atoms with Crippen LogP contribution in [0, 0.1) is 0 Å². The van der Waals surface area contributed by atoms with Crippen LogP contribution in [0.25, 0.3) is 0 Å². The summed E-state index contributed by atoms with van der Waals surface area (Å²) in [5.74, 6) is 0. The van der Waals surface area contributed by atoms with E-state index in [0.717, 1.165) is 6.42 Å². The zero-order valence-corrected chi connectivity index (χ0v) is 6.98. The van der Waals surface area contributed by atoms with Crippen molar-refractivity contribution in [3.63, 3.8) is 0 Å². The van der Waals surface area contributed by atoms with E-state index in [1.165, 1.54) is 28.2 Å². The number of aliphatic hydroxyl groups is 1. The molecule has 0 aliphatic carbocycles. The molecule has 0 saturated carbocycles. The van der Waals surface area contributed by atoms with Gasteiger partial charge in [-0.3, -0.25) is 0 Å². The molecule has 46 valence electrons. The number of hydrogen-bond donors (Lipinski definition) is 1. The van der Waals surface area contributed by atoms with Gasteiger partial charge in [-0.15, -0.1) is 0 Å². The molecular weight excluding hydrogens is 107 g/mol. The van der Waals surface area contributed by atoms with Crippen LogP contribution >= 0.6 is 9.24 Å². The van der Waals surface area contributed by atoms with Crippen molar-refractivity contribution in [2.75, 3.05) is 12.8 Å². The van der Waals surface area contributed by atoms with Crippen LogP contribution < -0.4 is 0 Å². The molecule has 0 aromatic heterocycles. The average Bonchev–Trinajstić information content (AvgIpc) is 1.69. The second-order valence-electron chi connectivity index (χ2n) is 1.78. The standard InChI is InChI=1S/C5H15OP/c6-4-2-1-3-5-7/h6H,1-5H2,7H4. The van der Waals surface area contributed by atoms with Crippen molar-refractivity contribution in [2.24, 2.45) is 0 Å². The first-order chi connectivity index (χ1) is 3.41. The summed E-state index contributed by atoms with van der Waals surface area (Å²) in [7, 11) is 1.32. The molecule has 0 saturated heterocycles. The van der Waals surface area contributed by atoms with Gasteiger partial charge in [0.2, 0.25) is 0 Å². The third kappa shape index (κ3) is 6.39. The Kier molecular flexibility index (Phi) is 6.75. The summed E-state index contributed by atoms with van der Waals surface area (Å²) in [6, 6.07) is 0. The third-order valence-corrected chi connectivity index (χ3v) is 1.72. The molecular formula is C5H15OP. The third-order valence-electron chi connectivity index (χ3n) is 1.01. The monoisotopic (exact) mass is 122 g/mol. The molecule has 0 heterocycles. The molecule has 0 aliphatic heterocycles. The second kappa shape index (κ2) is 6.39. The van der Waals surface area contributed by atoms with Crippen molar-refractivity contribution in [2.45, 2.75) is 19.3 Å². The SMILES string of the molecule is OCCCCC[PH4]. The number of unbranched alkanes of at least 4 members (excludes halogenated alkanes) is 2. The summed E-state index contributed by atoms with van der Waals surface area (Å²) in [5, 5.41) is 8.30. The molecule has 1 nitrogen and oxygen atoms in total. The number of rotatable bonds is 4. The summed E-state index contributed by atoms with van der Waals surface area (Å²) in [6.07, 6.45) is 4.94. The molecule has 7 heavy (non-hydrogen) atoms. The molecule has 0 rings (SSSR count). The van der Waals surface area contributed by atoms with E-state index < -0.39 is 0 Å². The van der Waals surface area contributed by atoms with Gasteiger partial charge in [-0.2, -0.15) is 0 Å². The molecule has 0 atom stereocenters. The average molecular weight is 122 g/mol. The molecule has 0 aliphatic rings. The molecule has 0 unspecified atom stereocenters.